The van der Waals surface area contributed by atoms with Crippen LogP contribution in [0.1, 0.15) is 43.2 Å². The summed E-state index contributed by atoms with van der Waals surface area (Å²) in [5.74, 6) is 1.08. The molecule has 1 aromatic rings. The van der Waals surface area contributed by atoms with Crippen LogP contribution in [-0.4, -0.2) is 29.4 Å². The second-order valence-corrected chi connectivity index (χ2v) is 7.87. The minimum absolute atomic E-state index is 0.152. The molecule has 4 nitrogen and oxygen atoms in total. The minimum atomic E-state index is 0.152. The number of fused-ring (bicyclic) bond motifs is 4. The summed E-state index contributed by atoms with van der Waals surface area (Å²) in [6.45, 7) is 3.16. The highest BCUT2D eigenvalue weighted by Gasteiger charge is 2.40. The monoisotopic (exact) mass is 311 g/mol. The number of amides is 1. The molecule has 2 saturated carbocycles. The fourth-order valence-electron chi connectivity index (χ4n) is 4.78. The van der Waals surface area contributed by atoms with E-state index in [1.54, 1.807) is 0 Å². The van der Waals surface area contributed by atoms with Crippen molar-refractivity contribution in [3.05, 3.63) is 29.3 Å². The number of nitrogens with one attached hydrogen (secondary N) is 2. The summed E-state index contributed by atoms with van der Waals surface area (Å²) in [5.41, 5.74) is 3.80. The molecule has 3 atom stereocenters. The van der Waals surface area contributed by atoms with Crippen molar-refractivity contribution in [3.63, 3.8) is 0 Å². The molecule has 2 aliphatic carbocycles. The Morgan fingerprint density at radius 2 is 2.09 bits per heavy atom. The molecule has 3 unspecified atom stereocenters. The van der Waals surface area contributed by atoms with Crippen molar-refractivity contribution in [3.8, 4) is 0 Å². The van der Waals surface area contributed by atoms with Gasteiger partial charge in [0.05, 0.1) is 5.92 Å². The van der Waals surface area contributed by atoms with Crippen LogP contribution in [0.5, 0.6) is 0 Å². The highest BCUT2D eigenvalue weighted by Crippen LogP contribution is 2.38. The summed E-state index contributed by atoms with van der Waals surface area (Å²) >= 11 is 0. The topological polar surface area (TPSA) is 44.4 Å². The molecular weight excluding hydrogens is 286 g/mol. The number of carbonyl (C=O) groups excluding carboxylic acids is 1. The van der Waals surface area contributed by atoms with E-state index in [-0.39, 0.29) is 11.8 Å². The average Bonchev–Trinajstić information content (AvgIpc) is 3.35. The predicted molar refractivity (Wildman–Crippen MR) is 90.0 cm³/mol. The average molecular weight is 311 g/mol. The zero-order valence-electron chi connectivity index (χ0n) is 13.6. The maximum atomic E-state index is 12.8. The van der Waals surface area contributed by atoms with Crippen molar-refractivity contribution < 1.29 is 4.79 Å². The lowest BCUT2D eigenvalue weighted by Crippen LogP contribution is -2.53. The van der Waals surface area contributed by atoms with E-state index in [9.17, 15) is 4.79 Å². The Balaban J connectivity index is 1.33. The van der Waals surface area contributed by atoms with Crippen LogP contribution in [0.25, 0.3) is 0 Å². The van der Waals surface area contributed by atoms with Gasteiger partial charge in [-0.3, -0.25) is 9.69 Å². The maximum absolute atomic E-state index is 12.8. The Morgan fingerprint density at radius 1 is 1.17 bits per heavy atom. The second-order valence-electron chi connectivity index (χ2n) is 7.87. The molecule has 3 heterocycles. The highest BCUT2D eigenvalue weighted by atomic mass is 16.1. The molecule has 2 bridgehead atoms. The predicted octanol–water partition coefficient (Wildman–Crippen LogP) is 2.49. The third kappa shape index (κ3) is 2.48. The molecule has 0 radical (unpaired) electrons. The van der Waals surface area contributed by atoms with Gasteiger partial charge in [-0.05, 0) is 61.8 Å². The van der Waals surface area contributed by atoms with E-state index in [0.29, 0.717) is 12.0 Å². The number of piperidine rings is 2. The molecule has 4 fully saturated rings. The molecule has 122 valence electrons. The first-order chi connectivity index (χ1) is 11.3. The molecule has 6 rings (SSSR count). The molecule has 3 aliphatic heterocycles. The van der Waals surface area contributed by atoms with Gasteiger partial charge in [-0.2, -0.15) is 0 Å². The van der Waals surface area contributed by atoms with Crippen molar-refractivity contribution in [2.24, 2.45) is 11.8 Å². The zero-order chi connectivity index (χ0) is 15.4. The van der Waals surface area contributed by atoms with Crippen LogP contribution in [0.2, 0.25) is 0 Å². The smallest absolute Gasteiger partial charge is 0.229 e. The summed E-state index contributed by atoms with van der Waals surface area (Å²) in [5, 5.41) is 6.82. The van der Waals surface area contributed by atoms with Crippen LogP contribution in [0.15, 0.2) is 18.2 Å². The van der Waals surface area contributed by atoms with E-state index in [4.69, 9.17) is 0 Å². The van der Waals surface area contributed by atoms with Crippen molar-refractivity contribution in [1.29, 1.82) is 0 Å². The van der Waals surface area contributed by atoms with E-state index in [2.05, 4.69) is 33.7 Å². The number of anilines is 1. The summed E-state index contributed by atoms with van der Waals surface area (Å²) in [6.07, 6.45) is 6.19. The fourth-order valence-corrected chi connectivity index (χ4v) is 4.78. The maximum Gasteiger partial charge on any atom is 0.229 e. The van der Waals surface area contributed by atoms with Gasteiger partial charge in [0.1, 0.15) is 0 Å². The summed E-state index contributed by atoms with van der Waals surface area (Å²) in [4.78, 5) is 15.4. The number of hydrogen-bond acceptors (Lipinski definition) is 3. The van der Waals surface area contributed by atoms with Crippen molar-refractivity contribution >= 4 is 11.6 Å². The van der Waals surface area contributed by atoms with E-state index in [0.717, 1.165) is 44.2 Å². The first-order valence-electron chi connectivity index (χ1n) is 9.17. The first-order valence-corrected chi connectivity index (χ1v) is 9.17. The quantitative estimate of drug-likeness (QED) is 0.901. The Kier molecular flexibility index (Phi) is 3.24. The molecule has 4 heteroatoms. The Morgan fingerprint density at radius 3 is 2.78 bits per heavy atom. The van der Waals surface area contributed by atoms with Gasteiger partial charge in [-0.25, -0.2) is 0 Å². The van der Waals surface area contributed by atoms with Gasteiger partial charge < -0.3 is 10.6 Å². The molecular formula is C19H25N3O. The molecule has 2 saturated heterocycles. The van der Waals surface area contributed by atoms with E-state index >= 15 is 0 Å². The number of hydrogen-bond donors (Lipinski definition) is 2. The van der Waals surface area contributed by atoms with Gasteiger partial charge in [-0.1, -0.05) is 12.1 Å². The Bertz CT molecular complexity index is 632. The van der Waals surface area contributed by atoms with Crippen molar-refractivity contribution in [1.82, 2.24) is 10.2 Å². The van der Waals surface area contributed by atoms with E-state index in [1.165, 1.54) is 30.4 Å². The Labute approximate surface area is 137 Å². The SMILES string of the molecule is O=C(Nc1cccc2c1CN(C1CC1)C2)C1CC2CCC1NC2. The van der Waals surface area contributed by atoms with E-state index < -0.39 is 0 Å². The highest BCUT2D eigenvalue weighted by molar-refractivity contribution is 5.94. The molecule has 2 N–H and O–H groups in total. The van der Waals surface area contributed by atoms with Gasteiger partial charge in [-0.15, -0.1) is 0 Å². The standard InChI is InChI=1S/C19H25N3O/c23-19(15-8-12-4-7-17(15)20-9-12)21-18-3-1-2-13-10-22(11-16(13)18)14-5-6-14/h1-3,12,14-15,17,20H,4-11H2,(H,21,23). The van der Waals surface area contributed by atoms with Crippen LogP contribution in [-0.2, 0) is 17.9 Å². The van der Waals surface area contributed by atoms with Gasteiger partial charge in [0.25, 0.3) is 0 Å². The minimum Gasteiger partial charge on any atom is -0.325 e. The number of benzene rings is 1. The number of nitrogens with zero attached hydrogens (tertiary/aromatic N) is 1. The third-order valence-corrected chi connectivity index (χ3v) is 6.29. The van der Waals surface area contributed by atoms with Crippen molar-refractivity contribution in [2.45, 2.75) is 57.3 Å². The van der Waals surface area contributed by atoms with Gasteiger partial charge in [0.2, 0.25) is 5.91 Å². The van der Waals surface area contributed by atoms with Crippen LogP contribution in [0, 0.1) is 11.8 Å². The summed E-state index contributed by atoms with van der Waals surface area (Å²) < 4.78 is 0. The second kappa shape index (κ2) is 5.32. The normalized spacial score (nSPS) is 32.8. The summed E-state index contributed by atoms with van der Waals surface area (Å²) in [7, 11) is 0. The molecule has 23 heavy (non-hydrogen) atoms. The lowest BCUT2D eigenvalue weighted by molar-refractivity contribution is -0.123. The lowest BCUT2D eigenvalue weighted by atomic mass is 9.73. The van der Waals surface area contributed by atoms with Gasteiger partial charge >= 0.3 is 0 Å². The first kappa shape index (κ1) is 14.0. The molecule has 1 aromatic carbocycles. The van der Waals surface area contributed by atoms with Crippen molar-refractivity contribution in [2.75, 3.05) is 11.9 Å². The van der Waals surface area contributed by atoms with Crippen LogP contribution < -0.4 is 10.6 Å². The zero-order valence-corrected chi connectivity index (χ0v) is 13.6. The molecule has 1 amide bonds. The molecule has 0 spiro atoms. The lowest BCUT2D eigenvalue weighted by Gasteiger charge is -2.42. The molecule has 0 aromatic heterocycles. The third-order valence-electron chi connectivity index (χ3n) is 6.29. The molecule has 5 aliphatic rings. The summed E-state index contributed by atoms with van der Waals surface area (Å²) in [6, 6.07) is 7.57. The Hall–Kier alpha value is -1.39. The fraction of sp³-hybridized carbons (Fsp3) is 0.632. The van der Waals surface area contributed by atoms with Gasteiger partial charge in [0.15, 0.2) is 0 Å². The van der Waals surface area contributed by atoms with Crippen LogP contribution in [0.3, 0.4) is 0 Å². The number of rotatable bonds is 3. The van der Waals surface area contributed by atoms with Crippen LogP contribution in [0.4, 0.5) is 5.69 Å². The largest absolute Gasteiger partial charge is 0.325 e. The van der Waals surface area contributed by atoms with E-state index in [1.807, 2.05) is 0 Å². The van der Waals surface area contributed by atoms with Crippen LogP contribution >= 0.6 is 0 Å². The van der Waals surface area contributed by atoms with Gasteiger partial charge in [0, 0.05) is 30.9 Å². The number of carbonyl (C=O) groups is 1.